The lowest BCUT2D eigenvalue weighted by Crippen LogP contribution is -2.37. The molecule has 0 saturated carbocycles. The maximum atomic E-state index is 11.9. The van der Waals surface area contributed by atoms with E-state index in [9.17, 15) is 9.59 Å². The van der Waals surface area contributed by atoms with Crippen molar-refractivity contribution in [2.45, 2.75) is 27.7 Å². The standard InChI is InChI=1S/C16H23N3O3/c1-11(20)19-7-8-22-14-6-5-12(9-13(14)19)18-15(21)17-10-16(2,3)4/h5-6,9H,7-8,10H2,1-4H3,(H2,17,18,21). The van der Waals surface area contributed by atoms with E-state index in [4.69, 9.17) is 4.74 Å². The van der Waals surface area contributed by atoms with Crippen molar-refractivity contribution in [3.8, 4) is 5.75 Å². The van der Waals surface area contributed by atoms with Gasteiger partial charge in [-0.3, -0.25) is 4.79 Å². The molecule has 0 bridgehead atoms. The predicted molar refractivity (Wildman–Crippen MR) is 86.4 cm³/mol. The lowest BCUT2D eigenvalue weighted by molar-refractivity contribution is -0.116. The molecule has 1 aliphatic rings. The van der Waals surface area contributed by atoms with Crippen molar-refractivity contribution in [3.63, 3.8) is 0 Å². The van der Waals surface area contributed by atoms with E-state index in [1.807, 2.05) is 20.8 Å². The number of carbonyl (C=O) groups is 2. The third-order valence-electron chi connectivity index (χ3n) is 3.24. The van der Waals surface area contributed by atoms with Crippen LogP contribution in [0.3, 0.4) is 0 Å². The molecular weight excluding hydrogens is 282 g/mol. The molecule has 0 aromatic heterocycles. The largest absolute Gasteiger partial charge is 0.490 e. The van der Waals surface area contributed by atoms with Crippen molar-refractivity contribution in [3.05, 3.63) is 18.2 Å². The topological polar surface area (TPSA) is 70.7 Å². The van der Waals surface area contributed by atoms with Gasteiger partial charge < -0.3 is 20.3 Å². The molecule has 2 rings (SSSR count). The Labute approximate surface area is 130 Å². The molecular formula is C16H23N3O3. The number of fused-ring (bicyclic) bond motifs is 1. The Morgan fingerprint density at radius 3 is 2.68 bits per heavy atom. The molecule has 2 N–H and O–H groups in total. The zero-order chi connectivity index (χ0) is 16.3. The second kappa shape index (κ2) is 6.25. The van der Waals surface area contributed by atoms with Gasteiger partial charge in [0.1, 0.15) is 12.4 Å². The van der Waals surface area contributed by atoms with Crippen LogP contribution < -0.4 is 20.3 Å². The molecule has 0 fully saturated rings. The van der Waals surface area contributed by atoms with Gasteiger partial charge in [-0.25, -0.2) is 4.79 Å². The Hall–Kier alpha value is -2.24. The number of rotatable bonds is 2. The molecule has 0 atom stereocenters. The van der Waals surface area contributed by atoms with Gasteiger partial charge in [-0.05, 0) is 23.6 Å². The Morgan fingerprint density at radius 2 is 2.05 bits per heavy atom. The highest BCUT2D eigenvalue weighted by molar-refractivity contribution is 5.96. The van der Waals surface area contributed by atoms with Crippen LogP contribution in [0, 0.1) is 5.41 Å². The van der Waals surface area contributed by atoms with Gasteiger partial charge in [0.05, 0.1) is 12.2 Å². The minimum atomic E-state index is -0.263. The number of hydrogen-bond acceptors (Lipinski definition) is 3. The molecule has 120 valence electrons. The average molecular weight is 305 g/mol. The van der Waals surface area contributed by atoms with Crippen LogP contribution in [0.2, 0.25) is 0 Å². The number of nitrogens with one attached hydrogen (secondary N) is 2. The van der Waals surface area contributed by atoms with E-state index < -0.39 is 0 Å². The minimum absolute atomic E-state index is 0.0203. The Balaban J connectivity index is 2.09. The van der Waals surface area contributed by atoms with Gasteiger partial charge in [0.15, 0.2) is 0 Å². The van der Waals surface area contributed by atoms with Crippen LogP contribution in [-0.4, -0.2) is 31.6 Å². The van der Waals surface area contributed by atoms with Crippen LogP contribution in [-0.2, 0) is 4.79 Å². The number of ether oxygens (including phenoxy) is 1. The zero-order valence-corrected chi connectivity index (χ0v) is 13.5. The van der Waals surface area contributed by atoms with E-state index in [0.717, 1.165) is 0 Å². The van der Waals surface area contributed by atoms with Crippen LogP contribution in [0.5, 0.6) is 5.75 Å². The van der Waals surface area contributed by atoms with Gasteiger partial charge in [-0.15, -0.1) is 0 Å². The van der Waals surface area contributed by atoms with Crippen molar-refractivity contribution in [1.29, 1.82) is 0 Å². The number of benzene rings is 1. The molecule has 22 heavy (non-hydrogen) atoms. The first kappa shape index (κ1) is 16.1. The van der Waals surface area contributed by atoms with Crippen molar-refractivity contribution in [1.82, 2.24) is 5.32 Å². The van der Waals surface area contributed by atoms with Crippen molar-refractivity contribution in [2.75, 3.05) is 29.9 Å². The summed E-state index contributed by atoms with van der Waals surface area (Å²) in [4.78, 5) is 25.2. The maximum absolute atomic E-state index is 11.9. The fourth-order valence-electron chi connectivity index (χ4n) is 2.14. The van der Waals surface area contributed by atoms with Gasteiger partial charge in [0.25, 0.3) is 0 Å². The highest BCUT2D eigenvalue weighted by Gasteiger charge is 2.21. The molecule has 0 spiro atoms. The SMILES string of the molecule is CC(=O)N1CCOc2ccc(NC(=O)NCC(C)(C)C)cc21. The van der Waals surface area contributed by atoms with Gasteiger partial charge in [0.2, 0.25) is 5.91 Å². The number of amides is 3. The summed E-state index contributed by atoms with van der Waals surface area (Å²) >= 11 is 0. The third kappa shape index (κ3) is 4.13. The minimum Gasteiger partial charge on any atom is -0.490 e. The summed E-state index contributed by atoms with van der Waals surface area (Å²) in [6.45, 7) is 9.24. The summed E-state index contributed by atoms with van der Waals surface area (Å²) in [7, 11) is 0. The Bertz CT molecular complexity index is 578. The van der Waals surface area contributed by atoms with E-state index in [-0.39, 0.29) is 17.4 Å². The molecule has 3 amide bonds. The summed E-state index contributed by atoms with van der Waals surface area (Å²) in [6, 6.07) is 5.02. The van der Waals surface area contributed by atoms with Gasteiger partial charge >= 0.3 is 6.03 Å². The molecule has 1 aliphatic heterocycles. The Kier molecular flexibility index (Phi) is 4.59. The number of urea groups is 1. The molecule has 6 nitrogen and oxygen atoms in total. The molecule has 0 unspecified atom stereocenters. The average Bonchev–Trinajstić information content (AvgIpc) is 2.43. The first-order chi connectivity index (χ1) is 10.3. The van der Waals surface area contributed by atoms with Gasteiger partial charge in [-0.1, -0.05) is 20.8 Å². The summed E-state index contributed by atoms with van der Waals surface area (Å²) in [5.41, 5.74) is 1.33. The van der Waals surface area contributed by atoms with Crippen LogP contribution in [0.1, 0.15) is 27.7 Å². The van der Waals surface area contributed by atoms with Crippen LogP contribution in [0.4, 0.5) is 16.2 Å². The van der Waals surface area contributed by atoms with E-state index in [2.05, 4.69) is 10.6 Å². The zero-order valence-electron chi connectivity index (χ0n) is 13.5. The number of anilines is 2. The smallest absolute Gasteiger partial charge is 0.319 e. The first-order valence-corrected chi connectivity index (χ1v) is 7.36. The molecule has 1 heterocycles. The van der Waals surface area contributed by atoms with E-state index >= 15 is 0 Å². The third-order valence-corrected chi connectivity index (χ3v) is 3.24. The number of carbonyl (C=O) groups excluding carboxylic acids is 2. The highest BCUT2D eigenvalue weighted by Crippen LogP contribution is 2.34. The molecule has 1 aromatic rings. The maximum Gasteiger partial charge on any atom is 0.319 e. The van der Waals surface area contributed by atoms with Crippen LogP contribution >= 0.6 is 0 Å². The fraction of sp³-hybridized carbons (Fsp3) is 0.500. The summed E-state index contributed by atoms with van der Waals surface area (Å²) in [5.74, 6) is 0.612. The fourth-order valence-corrected chi connectivity index (χ4v) is 2.14. The van der Waals surface area contributed by atoms with Gasteiger partial charge in [-0.2, -0.15) is 0 Å². The molecule has 0 aliphatic carbocycles. The quantitative estimate of drug-likeness (QED) is 0.882. The first-order valence-electron chi connectivity index (χ1n) is 7.36. The van der Waals surface area contributed by atoms with E-state index in [1.54, 1.807) is 23.1 Å². The Morgan fingerprint density at radius 1 is 1.32 bits per heavy atom. The number of hydrogen-bond donors (Lipinski definition) is 2. The van der Waals surface area contributed by atoms with Crippen molar-refractivity contribution < 1.29 is 14.3 Å². The lowest BCUT2D eigenvalue weighted by Gasteiger charge is -2.29. The molecule has 0 saturated heterocycles. The summed E-state index contributed by atoms with van der Waals surface area (Å²) < 4.78 is 5.53. The second-order valence-electron chi connectivity index (χ2n) is 6.57. The molecule has 1 aromatic carbocycles. The van der Waals surface area contributed by atoms with Crippen LogP contribution in [0.15, 0.2) is 18.2 Å². The normalized spacial score (nSPS) is 13.9. The highest BCUT2D eigenvalue weighted by atomic mass is 16.5. The van der Waals surface area contributed by atoms with Crippen LogP contribution in [0.25, 0.3) is 0 Å². The van der Waals surface area contributed by atoms with E-state index in [1.165, 1.54) is 6.92 Å². The van der Waals surface area contributed by atoms with E-state index in [0.29, 0.717) is 36.8 Å². The van der Waals surface area contributed by atoms with Crippen molar-refractivity contribution >= 4 is 23.3 Å². The predicted octanol–water partition coefficient (Wildman–Crippen LogP) is 2.60. The second-order valence-corrected chi connectivity index (χ2v) is 6.57. The lowest BCUT2D eigenvalue weighted by atomic mass is 9.97. The molecule has 6 heteroatoms. The summed E-state index contributed by atoms with van der Waals surface area (Å²) in [5, 5.41) is 5.60. The molecule has 0 radical (unpaired) electrons. The summed E-state index contributed by atoms with van der Waals surface area (Å²) in [6.07, 6.45) is 0. The number of nitrogens with zero attached hydrogens (tertiary/aromatic N) is 1. The van der Waals surface area contributed by atoms with Gasteiger partial charge in [0, 0.05) is 19.2 Å². The van der Waals surface area contributed by atoms with Crippen molar-refractivity contribution in [2.24, 2.45) is 5.41 Å². The monoisotopic (exact) mass is 305 g/mol.